The van der Waals surface area contributed by atoms with E-state index in [2.05, 4.69) is 20.9 Å². The number of para-hydroxylation sites is 1. The Balaban J connectivity index is 1.68. The molecule has 1 amide bonds. The van der Waals surface area contributed by atoms with Crippen molar-refractivity contribution in [1.82, 2.24) is 4.98 Å². The minimum Gasteiger partial charge on any atom is -0.372 e. The van der Waals surface area contributed by atoms with E-state index < -0.39 is 5.60 Å². The molecule has 4 aromatic rings. The van der Waals surface area contributed by atoms with Crippen LogP contribution < -0.4 is 4.90 Å². The molecule has 0 saturated carbocycles. The van der Waals surface area contributed by atoms with Gasteiger partial charge in [-0.3, -0.25) is 4.79 Å². The predicted molar refractivity (Wildman–Crippen MR) is 118 cm³/mol. The Hall–Kier alpha value is -2.60. The van der Waals surface area contributed by atoms with Crippen molar-refractivity contribution in [3.8, 4) is 0 Å². The minimum atomic E-state index is -1.77. The van der Waals surface area contributed by atoms with Crippen molar-refractivity contribution >= 4 is 50.0 Å². The summed E-state index contributed by atoms with van der Waals surface area (Å²) in [5, 5.41) is 13.3. The predicted octanol–water partition coefficient (Wildman–Crippen LogP) is 5.37. The summed E-state index contributed by atoms with van der Waals surface area (Å²) >= 11 is 9.48. The molecule has 0 radical (unpaired) electrons. The molecule has 1 aliphatic heterocycles. The van der Waals surface area contributed by atoms with E-state index in [1.807, 2.05) is 54.6 Å². The number of hydrogen-bond acceptors (Lipinski definition) is 2. The molecule has 0 bridgehead atoms. The van der Waals surface area contributed by atoms with Gasteiger partial charge in [0.25, 0.3) is 5.91 Å². The van der Waals surface area contributed by atoms with E-state index in [0.29, 0.717) is 28.4 Å². The highest BCUT2D eigenvalue weighted by Crippen LogP contribution is 2.47. The van der Waals surface area contributed by atoms with Gasteiger partial charge in [0, 0.05) is 37.7 Å². The van der Waals surface area contributed by atoms with E-state index in [1.165, 1.54) is 0 Å². The van der Waals surface area contributed by atoms with Crippen molar-refractivity contribution in [2.45, 2.75) is 12.1 Å². The lowest BCUT2D eigenvalue weighted by molar-refractivity contribution is -0.132. The molecule has 5 rings (SSSR count). The largest absolute Gasteiger partial charge is 0.372 e. The van der Waals surface area contributed by atoms with E-state index >= 15 is 0 Å². The fraction of sp³-hybridized carbons (Fsp3) is 0.0870. The van der Waals surface area contributed by atoms with Gasteiger partial charge in [-0.15, -0.1) is 0 Å². The summed E-state index contributed by atoms with van der Waals surface area (Å²) in [7, 11) is 0. The highest BCUT2D eigenvalue weighted by atomic mass is 79.9. The maximum Gasteiger partial charge on any atom is 0.268 e. The van der Waals surface area contributed by atoms with Crippen LogP contribution in [0.2, 0.25) is 5.02 Å². The summed E-state index contributed by atoms with van der Waals surface area (Å²) in [6, 6.07) is 20.6. The first-order chi connectivity index (χ1) is 14.0. The number of carbonyl (C=O) groups excluding carboxylic acids is 1. The quantitative estimate of drug-likeness (QED) is 0.426. The number of anilines is 1. The Morgan fingerprint density at radius 1 is 1.03 bits per heavy atom. The average Bonchev–Trinajstić information content (AvgIpc) is 3.24. The Bertz CT molecular complexity index is 1250. The summed E-state index contributed by atoms with van der Waals surface area (Å²) in [5.41, 5.74) is 1.84. The molecule has 1 aromatic heterocycles. The minimum absolute atomic E-state index is 0.343. The van der Waals surface area contributed by atoms with Gasteiger partial charge in [-0.25, -0.2) is 0 Å². The number of aliphatic hydroxyl groups is 1. The number of fused-ring (bicyclic) bond motifs is 2. The topological polar surface area (TPSA) is 56.3 Å². The average molecular weight is 468 g/mol. The van der Waals surface area contributed by atoms with Crippen LogP contribution in [-0.2, 0) is 16.9 Å². The fourth-order valence-corrected chi connectivity index (χ4v) is 4.50. The highest BCUT2D eigenvalue weighted by Gasteiger charge is 2.52. The number of hydrogen-bond donors (Lipinski definition) is 2. The van der Waals surface area contributed by atoms with Gasteiger partial charge in [0.15, 0.2) is 5.60 Å². The molecule has 2 N–H and O–H groups in total. The molecule has 4 nitrogen and oxygen atoms in total. The normalized spacial score (nSPS) is 18.4. The van der Waals surface area contributed by atoms with Gasteiger partial charge in [-0.05, 0) is 42.0 Å². The Labute approximate surface area is 180 Å². The monoisotopic (exact) mass is 466 g/mol. The number of nitrogens with zero attached hydrogens (tertiary/aromatic N) is 1. The highest BCUT2D eigenvalue weighted by molar-refractivity contribution is 9.10. The molecular weight excluding hydrogens is 452 g/mol. The van der Waals surface area contributed by atoms with Crippen molar-refractivity contribution in [3.63, 3.8) is 0 Å². The van der Waals surface area contributed by atoms with Gasteiger partial charge < -0.3 is 15.0 Å². The second-order valence-electron chi connectivity index (χ2n) is 7.14. The second-order valence-corrected chi connectivity index (χ2v) is 8.49. The summed E-state index contributed by atoms with van der Waals surface area (Å²) in [6.07, 6.45) is 1.72. The lowest BCUT2D eigenvalue weighted by Gasteiger charge is -2.23. The summed E-state index contributed by atoms with van der Waals surface area (Å²) in [6.45, 7) is 0.343. The number of amides is 1. The van der Waals surface area contributed by atoms with Gasteiger partial charge in [0.05, 0.1) is 12.2 Å². The van der Waals surface area contributed by atoms with Crippen LogP contribution in [0.5, 0.6) is 0 Å². The van der Waals surface area contributed by atoms with Crippen molar-refractivity contribution in [1.29, 1.82) is 0 Å². The molecular formula is C23H16BrClN2O2. The molecule has 1 aliphatic rings. The van der Waals surface area contributed by atoms with Gasteiger partial charge >= 0.3 is 0 Å². The zero-order chi connectivity index (χ0) is 20.2. The van der Waals surface area contributed by atoms with E-state index in [9.17, 15) is 9.90 Å². The van der Waals surface area contributed by atoms with Crippen LogP contribution in [0.25, 0.3) is 10.9 Å². The van der Waals surface area contributed by atoms with Crippen molar-refractivity contribution in [2.75, 3.05) is 4.90 Å². The first-order valence-electron chi connectivity index (χ1n) is 9.14. The number of aromatic nitrogens is 1. The zero-order valence-electron chi connectivity index (χ0n) is 15.2. The maximum atomic E-state index is 13.6. The molecule has 3 aromatic carbocycles. The van der Waals surface area contributed by atoms with Gasteiger partial charge in [-0.2, -0.15) is 0 Å². The number of benzene rings is 3. The van der Waals surface area contributed by atoms with E-state index in [-0.39, 0.29) is 5.91 Å². The molecule has 1 unspecified atom stereocenters. The number of H-pyrrole nitrogens is 1. The van der Waals surface area contributed by atoms with E-state index in [0.717, 1.165) is 20.9 Å². The third-order valence-corrected chi connectivity index (χ3v) is 6.17. The smallest absolute Gasteiger partial charge is 0.268 e. The van der Waals surface area contributed by atoms with Crippen molar-refractivity contribution in [2.24, 2.45) is 0 Å². The van der Waals surface area contributed by atoms with Gasteiger partial charge in [0.1, 0.15) is 0 Å². The van der Waals surface area contributed by atoms with Crippen molar-refractivity contribution in [3.05, 3.63) is 99.1 Å². The molecule has 2 heterocycles. The van der Waals surface area contributed by atoms with Crippen LogP contribution in [0.15, 0.2) is 77.4 Å². The van der Waals surface area contributed by atoms with Crippen LogP contribution in [0.4, 0.5) is 5.69 Å². The van der Waals surface area contributed by atoms with E-state index in [4.69, 9.17) is 11.6 Å². The SMILES string of the molecule is O=C1N(Cc2ccc(Cl)cc2)c2ccc(Br)cc2C1(O)c1c[nH]c2ccccc12. The number of rotatable bonds is 3. The molecule has 0 spiro atoms. The van der Waals surface area contributed by atoms with Gasteiger partial charge in [0.2, 0.25) is 0 Å². The molecule has 144 valence electrons. The summed E-state index contributed by atoms with van der Waals surface area (Å²) in [4.78, 5) is 18.4. The fourth-order valence-electron chi connectivity index (χ4n) is 4.01. The van der Waals surface area contributed by atoms with E-state index in [1.54, 1.807) is 23.2 Å². The van der Waals surface area contributed by atoms with Crippen molar-refractivity contribution < 1.29 is 9.90 Å². The van der Waals surface area contributed by atoms with Crippen LogP contribution in [-0.4, -0.2) is 16.0 Å². The molecule has 29 heavy (non-hydrogen) atoms. The second kappa shape index (κ2) is 6.73. The Morgan fingerprint density at radius 3 is 2.59 bits per heavy atom. The first kappa shape index (κ1) is 18.4. The van der Waals surface area contributed by atoms with Crippen LogP contribution in [0.3, 0.4) is 0 Å². The maximum absolute atomic E-state index is 13.6. The van der Waals surface area contributed by atoms with Crippen LogP contribution in [0, 0.1) is 0 Å². The van der Waals surface area contributed by atoms with Gasteiger partial charge in [-0.1, -0.05) is 57.9 Å². The lowest BCUT2D eigenvalue weighted by atomic mass is 9.87. The molecule has 0 aliphatic carbocycles. The molecule has 1 atom stereocenters. The third-order valence-electron chi connectivity index (χ3n) is 5.43. The molecule has 0 fully saturated rings. The van der Waals surface area contributed by atoms with Crippen LogP contribution in [0.1, 0.15) is 16.7 Å². The summed E-state index contributed by atoms with van der Waals surface area (Å²) in [5.74, 6) is -0.370. The number of aromatic amines is 1. The molecule has 6 heteroatoms. The number of carbonyl (C=O) groups is 1. The van der Waals surface area contributed by atoms with Crippen LogP contribution >= 0.6 is 27.5 Å². The summed E-state index contributed by atoms with van der Waals surface area (Å²) < 4.78 is 0.802. The zero-order valence-corrected chi connectivity index (χ0v) is 17.5. The molecule has 0 saturated heterocycles. The standard InChI is InChI=1S/C23H16BrClN2O2/c24-15-7-10-21-18(11-15)23(29,19-12-26-20-4-2-1-3-17(19)20)22(28)27(21)13-14-5-8-16(25)9-6-14/h1-12,26,29H,13H2. The lowest BCUT2D eigenvalue weighted by Crippen LogP contribution is -2.40. The Morgan fingerprint density at radius 2 is 1.79 bits per heavy atom. The third kappa shape index (κ3) is 2.81. The number of halogens is 2. The number of nitrogens with one attached hydrogen (secondary N) is 1. The first-order valence-corrected chi connectivity index (χ1v) is 10.3. The Kier molecular flexibility index (Phi) is 4.28.